The molecular formula is C28H37N7O3S. The molecule has 10 nitrogen and oxygen atoms in total. The SMILES string of the molecule is COc1ccc(CN2CCC[C@H]2CNc2nc(CN3CCN(C(=O)c4cnc(C)cn4)CC3)cs2)cc1OC. The van der Waals surface area contributed by atoms with Crippen LogP contribution in [0, 0.1) is 6.92 Å². The molecule has 208 valence electrons. The molecule has 1 amide bonds. The maximum atomic E-state index is 12.7. The molecule has 11 heteroatoms. The molecule has 2 aromatic heterocycles. The minimum atomic E-state index is -0.0469. The first-order valence-electron chi connectivity index (χ1n) is 13.5. The highest BCUT2D eigenvalue weighted by molar-refractivity contribution is 7.13. The second kappa shape index (κ2) is 12.7. The molecule has 2 saturated heterocycles. The van der Waals surface area contributed by atoms with Crippen LogP contribution in [0.15, 0.2) is 36.0 Å². The second-order valence-corrected chi connectivity index (χ2v) is 11.0. The van der Waals surface area contributed by atoms with Crippen molar-refractivity contribution in [2.75, 3.05) is 58.8 Å². The van der Waals surface area contributed by atoms with Gasteiger partial charge in [-0.05, 0) is 44.0 Å². The third-order valence-electron chi connectivity index (χ3n) is 7.42. The van der Waals surface area contributed by atoms with Gasteiger partial charge in [-0.15, -0.1) is 11.3 Å². The molecule has 2 aliphatic rings. The first kappa shape index (κ1) is 27.3. The van der Waals surface area contributed by atoms with Gasteiger partial charge in [-0.2, -0.15) is 0 Å². The van der Waals surface area contributed by atoms with Crippen LogP contribution in [0.2, 0.25) is 0 Å². The number of likely N-dealkylation sites (tertiary alicyclic amines) is 1. The minimum Gasteiger partial charge on any atom is -0.493 e. The Kier molecular flexibility index (Phi) is 8.90. The zero-order valence-corrected chi connectivity index (χ0v) is 23.7. The van der Waals surface area contributed by atoms with Gasteiger partial charge < -0.3 is 19.7 Å². The number of thiazole rings is 1. The summed E-state index contributed by atoms with van der Waals surface area (Å²) >= 11 is 1.66. The lowest BCUT2D eigenvalue weighted by Crippen LogP contribution is -2.48. The van der Waals surface area contributed by atoms with E-state index in [-0.39, 0.29) is 5.91 Å². The van der Waals surface area contributed by atoms with Gasteiger partial charge in [0.1, 0.15) is 5.69 Å². The van der Waals surface area contributed by atoms with Crippen molar-refractivity contribution in [1.29, 1.82) is 0 Å². The number of methoxy groups -OCH3 is 2. The van der Waals surface area contributed by atoms with Gasteiger partial charge in [-0.25, -0.2) is 9.97 Å². The van der Waals surface area contributed by atoms with E-state index >= 15 is 0 Å². The number of hydrogen-bond acceptors (Lipinski definition) is 10. The first-order chi connectivity index (χ1) is 19.0. The quantitative estimate of drug-likeness (QED) is 0.407. The summed E-state index contributed by atoms with van der Waals surface area (Å²) < 4.78 is 10.9. The van der Waals surface area contributed by atoms with Crippen LogP contribution in [-0.4, -0.2) is 95.1 Å². The number of rotatable bonds is 10. The number of carbonyl (C=O) groups excluding carboxylic acids is 1. The average Bonchev–Trinajstić information content (AvgIpc) is 3.61. The van der Waals surface area contributed by atoms with E-state index in [4.69, 9.17) is 14.5 Å². The van der Waals surface area contributed by atoms with Crippen LogP contribution in [0.5, 0.6) is 11.5 Å². The van der Waals surface area contributed by atoms with E-state index in [1.807, 2.05) is 17.9 Å². The monoisotopic (exact) mass is 551 g/mol. The lowest BCUT2D eigenvalue weighted by molar-refractivity contribution is 0.0621. The number of amides is 1. The van der Waals surface area contributed by atoms with E-state index in [1.54, 1.807) is 38.0 Å². The summed E-state index contributed by atoms with van der Waals surface area (Å²) in [6.07, 6.45) is 5.58. The molecule has 0 saturated carbocycles. The van der Waals surface area contributed by atoms with Crippen LogP contribution in [0.4, 0.5) is 5.13 Å². The molecule has 1 N–H and O–H groups in total. The summed E-state index contributed by atoms with van der Waals surface area (Å²) in [7, 11) is 3.34. The van der Waals surface area contributed by atoms with Gasteiger partial charge in [-0.1, -0.05) is 6.07 Å². The molecule has 0 aliphatic carbocycles. The van der Waals surface area contributed by atoms with E-state index in [9.17, 15) is 4.79 Å². The van der Waals surface area contributed by atoms with Crippen molar-refractivity contribution in [3.05, 3.63) is 58.6 Å². The van der Waals surface area contributed by atoms with Gasteiger partial charge in [0.05, 0.1) is 31.8 Å². The van der Waals surface area contributed by atoms with E-state index in [2.05, 4.69) is 42.6 Å². The molecule has 0 radical (unpaired) electrons. The number of ether oxygens (including phenoxy) is 2. The normalized spacial score (nSPS) is 18.3. The zero-order valence-electron chi connectivity index (χ0n) is 22.9. The van der Waals surface area contributed by atoms with Crippen molar-refractivity contribution in [2.45, 2.75) is 38.9 Å². The van der Waals surface area contributed by atoms with Crippen molar-refractivity contribution in [3.8, 4) is 11.5 Å². The molecule has 3 aromatic rings. The molecule has 1 atom stereocenters. The maximum absolute atomic E-state index is 12.7. The number of piperazine rings is 1. The van der Waals surface area contributed by atoms with Crippen LogP contribution in [0.3, 0.4) is 0 Å². The fourth-order valence-corrected chi connectivity index (χ4v) is 5.93. The molecule has 0 unspecified atom stereocenters. The fraction of sp³-hybridized carbons (Fsp3) is 0.500. The Morgan fingerprint density at radius 2 is 1.87 bits per heavy atom. The Morgan fingerprint density at radius 1 is 1.05 bits per heavy atom. The Labute approximate surface area is 234 Å². The standard InChI is InChI=1S/C28H37N7O3S/c1-20-14-30-24(16-29-20)27(36)34-11-9-33(10-12-34)18-22-19-39-28(32-22)31-15-23-5-4-8-35(23)17-21-6-7-25(37-2)26(13-21)38-3/h6-7,13-14,16,19,23H,4-5,8-12,15,17-18H2,1-3H3,(H,31,32)/t23-/m0/s1. The smallest absolute Gasteiger partial charge is 0.274 e. The summed E-state index contributed by atoms with van der Waals surface area (Å²) in [4.78, 5) is 32.7. The van der Waals surface area contributed by atoms with Gasteiger partial charge in [0.25, 0.3) is 5.91 Å². The number of aryl methyl sites for hydroxylation is 1. The second-order valence-electron chi connectivity index (χ2n) is 10.1. The summed E-state index contributed by atoms with van der Waals surface area (Å²) in [6, 6.07) is 6.63. The van der Waals surface area contributed by atoms with Gasteiger partial charge in [-0.3, -0.25) is 19.6 Å². The van der Waals surface area contributed by atoms with Crippen molar-refractivity contribution >= 4 is 22.4 Å². The Bertz CT molecular complexity index is 1240. The van der Waals surface area contributed by atoms with Crippen molar-refractivity contribution in [3.63, 3.8) is 0 Å². The summed E-state index contributed by atoms with van der Waals surface area (Å²) in [6.45, 7) is 8.52. The Morgan fingerprint density at radius 3 is 2.62 bits per heavy atom. The van der Waals surface area contributed by atoms with Crippen LogP contribution in [0.25, 0.3) is 0 Å². The van der Waals surface area contributed by atoms with Crippen molar-refractivity contribution in [2.24, 2.45) is 0 Å². The summed E-state index contributed by atoms with van der Waals surface area (Å²) in [5.74, 6) is 1.48. The molecule has 1 aromatic carbocycles. The molecule has 2 aliphatic heterocycles. The topological polar surface area (TPSA) is 96.0 Å². The van der Waals surface area contributed by atoms with Crippen molar-refractivity contribution in [1.82, 2.24) is 29.7 Å². The van der Waals surface area contributed by atoms with Gasteiger partial charge in [0.15, 0.2) is 16.6 Å². The molecule has 0 spiro atoms. The van der Waals surface area contributed by atoms with Crippen LogP contribution in [-0.2, 0) is 13.1 Å². The van der Waals surface area contributed by atoms with Crippen molar-refractivity contribution < 1.29 is 14.3 Å². The van der Waals surface area contributed by atoms with E-state index in [0.29, 0.717) is 24.8 Å². The maximum Gasteiger partial charge on any atom is 0.274 e. The third kappa shape index (κ3) is 6.84. The van der Waals surface area contributed by atoms with Gasteiger partial charge in [0.2, 0.25) is 0 Å². The first-order valence-corrected chi connectivity index (χ1v) is 14.3. The lowest BCUT2D eigenvalue weighted by Gasteiger charge is -2.34. The van der Waals surface area contributed by atoms with E-state index in [1.165, 1.54) is 18.4 Å². The molecule has 5 rings (SSSR count). The molecular weight excluding hydrogens is 514 g/mol. The fourth-order valence-electron chi connectivity index (χ4n) is 5.22. The molecule has 2 fully saturated rings. The number of benzene rings is 1. The van der Waals surface area contributed by atoms with Crippen LogP contribution in [0.1, 0.15) is 40.3 Å². The lowest BCUT2D eigenvalue weighted by atomic mass is 10.1. The number of anilines is 1. The predicted molar refractivity (Wildman–Crippen MR) is 152 cm³/mol. The number of aromatic nitrogens is 3. The largest absolute Gasteiger partial charge is 0.493 e. The molecule has 0 bridgehead atoms. The van der Waals surface area contributed by atoms with E-state index in [0.717, 1.165) is 67.3 Å². The highest BCUT2D eigenvalue weighted by Crippen LogP contribution is 2.29. The number of nitrogens with zero attached hydrogens (tertiary/aromatic N) is 6. The van der Waals surface area contributed by atoms with E-state index < -0.39 is 0 Å². The summed E-state index contributed by atoms with van der Waals surface area (Å²) in [5, 5.41) is 6.69. The predicted octanol–water partition coefficient (Wildman–Crippen LogP) is 3.29. The molecule has 4 heterocycles. The van der Waals surface area contributed by atoms with Gasteiger partial charge in [0, 0.05) is 63.4 Å². The van der Waals surface area contributed by atoms with Gasteiger partial charge >= 0.3 is 0 Å². The number of hydrogen-bond donors (Lipinski definition) is 1. The zero-order chi connectivity index (χ0) is 27.2. The van der Waals surface area contributed by atoms with Crippen LogP contribution < -0.4 is 14.8 Å². The number of nitrogens with one attached hydrogen (secondary N) is 1. The Hall–Kier alpha value is -3.28. The average molecular weight is 552 g/mol. The minimum absolute atomic E-state index is 0.0469. The van der Waals surface area contributed by atoms with Crippen LogP contribution >= 0.6 is 11.3 Å². The Balaban J connectivity index is 1.08. The highest BCUT2D eigenvalue weighted by atomic mass is 32.1. The highest BCUT2D eigenvalue weighted by Gasteiger charge is 2.26. The third-order valence-corrected chi connectivity index (χ3v) is 8.27. The molecule has 39 heavy (non-hydrogen) atoms. The summed E-state index contributed by atoms with van der Waals surface area (Å²) in [5.41, 5.74) is 3.52. The number of carbonyl (C=O) groups is 1.